The van der Waals surface area contributed by atoms with Gasteiger partial charge in [-0.25, -0.2) is 0 Å². The molecule has 0 aliphatic rings. The van der Waals surface area contributed by atoms with E-state index in [9.17, 15) is 9.90 Å². The quantitative estimate of drug-likeness (QED) is 0.241. The number of nitrogens with one attached hydrogen (secondary N) is 2. The molecule has 0 fully saturated rings. The van der Waals surface area contributed by atoms with Gasteiger partial charge in [0.05, 0.1) is 16.2 Å². The van der Waals surface area contributed by atoms with Crippen LogP contribution >= 0.6 is 23.2 Å². The first-order chi connectivity index (χ1) is 15.9. The van der Waals surface area contributed by atoms with Crippen LogP contribution in [0.5, 0.6) is 5.88 Å². The summed E-state index contributed by atoms with van der Waals surface area (Å²) in [4.78, 5) is 15.3. The maximum absolute atomic E-state index is 12.5. The van der Waals surface area contributed by atoms with Crippen LogP contribution in [0.15, 0.2) is 77.0 Å². The summed E-state index contributed by atoms with van der Waals surface area (Å²) in [7, 11) is 0. The molecular formula is C25H22Cl2N4O2. The van der Waals surface area contributed by atoms with Crippen molar-refractivity contribution >= 4 is 51.4 Å². The first-order valence-electron chi connectivity index (χ1n) is 10.5. The number of fused-ring (bicyclic) bond motifs is 1. The standard InChI is InChI=1S/C25H22Cl2N4O2/c1-15(7-8-16-5-3-2-4-6-16)28-24(32)17-9-11-19(12-10-17)30-31-23-20-13-18(26)14-21(27)22(20)29-25(23)33/h2-6,9-15,29,33H,7-8H2,1H3,(H,28,32)/t15-/m1/s1. The molecule has 3 N–H and O–H groups in total. The first-order valence-corrected chi connectivity index (χ1v) is 11.2. The molecule has 33 heavy (non-hydrogen) atoms. The van der Waals surface area contributed by atoms with Crippen LogP contribution in [0.3, 0.4) is 0 Å². The van der Waals surface area contributed by atoms with Crippen LogP contribution in [0.25, 0.3) is 10.9 Å². The summed E-state index contributed by atoms with van der Waals surface area (Å²) in [5.74, 6) is -0.295. The van der Waals surface area contributed by atoms with Crippen LogP contribution in [0.4, 0.5) is 11.4 Å². The van der Waals surface area contributed by atoms with Crippen LogP contribution in [-0.4, -0.2) is 22.0 Å². The molecule has 3 aromatic carbocycles. The Bertz CT molecular complexity index is 1300. The number of benzene rings is 3. The number of H-pyrrole nitrogens is 1. The number of rotatable bonds is 7. The van der Waals surface area contributed by atoms with Gasteiger partial charge in [0.1, 0.15) is 0 Å². The van der Waals surface area contributed by atoms with Crippen molar-refractivity contribution in [3.05, 3.63) is 87.9 Å². The van der Waals surface area contributed by atoms with Gasteiger partial charge in [-0.05, 0) is 61.7 Å². The van der Waals surface area contributed by atoms with E-state index in [4.69, 9.17) is 23.2 Å². The Morgan fingerprint density at radius 1 is 1.06 bits per heavy atom. The first kappa shape index (κ1) is 22.8. The average molecular weight is 481 g/mol. The van der Waals surface area contributed by atoms with Crippen molar-refractivity contribution < 1.29 is 9.90 Å². The summed E-state index contributed by atoms with van der Waals surface area (Å²) in [6.07, 6.45) is 1.75. The van der Waals surface area contributed by atoms with E-state index in [1.807, 2.05) is 25.1 Å². The number of carbonyl (C=O) groups excluding carboxylic acids is 1. The van der Waals surface area contributed by atoms with E-state index in [2.05, 4.69) is 32.7 Å². The van der Waals surface area contributed by atoms with Crippen molar-refractivity contribution in [3.8, 4) is 5.88 Å². The lowest BCUT2D eigenvalue weighted by atomic mass is 10.1. The van der Waals surface area contributed by atoms with E-state index in [1.165, 1.54) is 5.56 Å². The number of carbonyl (C=O) groups is 1. The molecule has 0 unspecified atom stereocenters. The van der Waals surface area contributed by atoms with Gasteiger partial charge in [-0.3, -0.25) is 4.79 Å². The third-order valence-corrected chi connectivity index (χ3v) is 5.78. The zero-order chi connectivity index (χ0) is 23.4. The number of azo groups is 1. The Balaban J connectivity index is 1.40. The van der Waals surface area contributed by atoms with E-state index in [0.29, 0.717) is 32.2 Å². The lowest BCUT2D eigenvalue weighted by Gasteiger charge is -2.14. The highest BCUT2D eigenvalue weighted by molar-refractivity contribution is 6.38. The molecule has 4 aromatic rings. The molecule has 168 valence electrons. The molecule has 8 heteroatoms. The van der Waals surface area contributed by atoms with Gasteiger partial charge < -0.3 is 15.4 Å². The fourth-order valence-electron chi connectivity index (χ4n) is 3.49. The number of amides is 1. The van der Waals surface area contributed by atoms with Gasteiger partial charge in [0.2, 0.25) is 5.88 Å². The molecule has 1 aromatic heterocycles. The number of aryl methyl sites for hydroxylation is 1. The minimum Gasteiger partial charge on any atom is -0.493 e. The molecule has 4 rings (SSSR count). The summed E-state index contributed by atoms with van der Waals surface area (Å²) in [5, 5.41) is 22.9. The normalized spacial score (nSPS) is 12.3. The van der Waals surface area contributed by atoms with Crippen LogP contribution in [0, 0.1) is 0 Å². The Morgan fingerprint density at radius 2 is 1.79 bits per heavy atom. The lowest BCUT2D eigenvalue weighted by molar-refractivity contribution is 0.0938. The molecule has 0 radical (unpaired) electrons. The van der Waals surface area contributed by atoms with Crippen molar-refractivity contribution in [2.75, 3.05) is 0 Å². The second-order valence-corrected chi connectivity index (χ2v) is 8.62. The molecule has 0 aliphatic heterocycles. The van der Waals surface area contributed by atoms with Gasteiger partial charge in [0.15, 0.2) is 5.69 Å². The summed E-state index contributed by atoms with van der Waals surface area (Å²) in [5.41, 5.74) is 3.09. The topological polar surface area (TPSA) is 89.8 Å². The molecule has 0 aliphatic carbocycles. The maximum Gasteiger partial charge on any atom is 0.251 e. The fourth-order valence-corrected chi connectivity index (χ4v) is 4.03. The number of aromatic nitrogens is 1. The Kier molecular flexibility index (Phi) is 6.96. The zero-order valence-corrected chi connectivity index (χ0v) is 19.4. The van der Waals surface area contributed by atoms with Gasteiger partial charge in [0, 0.05) is 22.0 Å². The van der Waals surface area contributed by atoms with Gasteiger partial charge in [0.25, 0.3) is 5.91 Å². The third kappa shape index (κ3) is 5.53. The molecule has 1 atom stereocenters. The van der Waals surface area contributed by atoms with Crippen LogP contribution < -0.4 is 5.32 Å². The summed E-state index contributed by atoms with van der Waals surface area (Å²) < 4.78 is 0. The van der Waals surface area contributed by atoms with Gasteiger partial charge >= 0.3 is 0 Å². The highest BCUT2D eigenvalue weighted by Gasteiger charge is 2.14. The van der Waals surface area contributed by atoms with E-state index >= 15 is 0 Å². The zero-order valence-electron chi connectivity index (χ0n) is 17.8. The molecule has 1 heterocycles. The molecule has 0 saturated carbocycles. The van der Waals surface area contributed by atoms with Crippen molar-refractivity contribution in [2.45, 2.75) is 25.8 Å². The maximum atomic E-state index is 12.5. The average Bonchev–Trinajstić information content (AvgIpc) is 3.12. The molecular weight excluding hydrogens is 459 g/mol. The molecule has 0 spiro atoms. The van der Waals surface area contributed by atoms with Gasteiger partial charge in [-0.1, -0.05) is 53.5 Å². The van der Waals surface area contributed by atoms with E-state index < -0.39 is 0 Å². The Labute approximate surface area is 201 Å². The smallest absolute Gasteiger partial charge is 0.251 e. The number of aromatic amines is 1. The molecule has 0 saturated heterocycles. The number of halogens is 2. The number of aromatic hydroxyl groups is 1. The van der Waals surface area contributed by atoms with E-state index in [-0.39, 0.29) is 23.5 Å². The van der Waals surface area contributed by atoms with Crippen molar-refractivity contribution in [3.63, 3.8) is 0 Å². The van der Waals surface area contributed by atoms with E-state index in [0.717, 1.165) is 12.8 Å². The number of hydrogen-bond acceptors (Lipinski definition) is 4. The predicted molar refractivity (Wildman–Crippen MR) is 132 cm³/mol. The molecule has 0 bridgehead atoms. The minimum absolute atomic E-state index is 0.0422. The van der Waals surface area contributed by atoms with Crippen LogP contribution in [0.2, 0.25) is 10.0 Å². The fraction of sp³-hybridized carbons (Fsp3) is 0.160. The van der Waals surface area contributed by atoms with Crippen molar-refractivity contribution in [1.29, 1.82) is 0 Å². The van der Waals surface area contributed by atoms with Crippen LogP contribution in [-0.2, 0) is 6.42 Å². The van der Waals surface area contributed by atoms with E-state index in [1.54, 1.807) is 36.4 Å². The number of hydrogen-bond donors (Lipinski definition) is 3. The highest BCUT2D eigenvalue weighted by atomic mass is 35.5. The predicted octanol–water partition coefficient (Wildman–Crippen LogP) is 7.35. The second kappa shape index (κ2) is 10.1. The van der Waals surface area contributed by atoms with Crippen molar-refractivity contribution in [2.24, 2.45) is 10.2 Å². The summed E-state index contributed by atoms with van der Waals surface area (Å²) in [6, 6.07) is 20.2. The second-order valence-electron chi connectivity index (χ2n) is 7.78. The summed E-state index contributed by atoms with van der Waals surface area (Å²) in [6.45, 7) is 2.00. The SMILES string of the molecule is C[C@H](CCc1ccccc1)NC(=O)c1ccc(N=Nc2c(O)[nH]c3c(Cl)cc(Cl)cc23)cc1. The largest absolute Gasteiger partial charge is 0.493 e. The highest BCUT2D eigenvalue weighted by Crippen LogP contribution is 2.40. The molecule has 6 nitrogen and oxygen atoms in total. The van der Waals surface area contributed by atoms with Crippen molar-refractivity contribution in [1.82, 2.24) is 10.3 Å². The Morgan fingerprint density at radius 3 is 2.52 bits per heavy atom. The minimum atomic E-state index is -0.154. The summed E-state index contributed by atoms with van der Waals surface area (Å²) >= 11 is 12.2. The number of nitrogens with zero attached hydrogens (tertiary/aromatic N) is 2. The van der Waals surface area contributed by atoms with Crippen LogP contribution in [0.1, 0.15) is 29.3 Å². The monoisotopic (exact) mass is 480 g/mol. The van der Waals surface area contributed by atoms with Gasteiger partial charge in [-0.2, -0.15) is 5.11 Å². The lowest BCUT2D eigenvalue weighted by Crippen LogP contribution is -2.32. The van der Waals surface area contributed by atoms with Gasteiger partial charge in [-0.15, -0.1) is 5.11 Å². The molecule has 1 amide bonds. The Hall–Kier alpha value is -3.35. The third-order valence-electron chi connectivity index (χ3n) is 5.26.